The summed E-state index contributed by atoms with van der Waals surface area (Å²) in [7, 11) is 1.21. The van der Waals surface area contributed by atoms with E-state index in [4.69, 9.17) is 13.8 Å². The molecule has 0 rings (SSSR count). The van der Waals surface area contributed by atoms with Gasteiger partial charge in [0.25, 0.3) is 7.82 Å². The molecule has 0 heterocycles. The first-order valence-electron chi connectivity index (χ1n) is 34.0. The van der Waals surface area contributed by atoms with Gasteiger partial charge >= 0.3 is 5.97 Å². The van der Waals surface area contributed by atoms with Crippen LogP contribution in [0.4, 0.5) is 0 Å². The minimum Gasteiger partial charge on any atom is -0.756 e. The van der Waals surface area contributed by atoms with Crippen molar-refractivity contribution in [2.24, 2.45) is 0 Å². The Balaban J connectivity index is 5.14. The van der Waals surface area contributed by atoms with E-state index in [9.17, 15) is 19.0 Å². The van der Waals surface area contributed by atoms with E-state index in [0.717, 1.165) is 57.8 Å². The Hall–Kier alpha value is -1.25. The number of ether oxygens (including phenoxy) is 1. The standard InChI is InChI=1S/C67H133N2O7P/c1-7-10-13-16-19-22-25-28-30-32-34-36-38-41-44-47-50-53-56-59-66(70)68-64(63-75-77(72,73)74-62-61-69(4,5)6)65(58-55-52-49-46-43-40-27-24-21-18-15-12-9-3)76-67(71)60-57-54-51-48-45-42-39-37-35-33-31-29-26-23-20-17-14-11-8-2/h55,58,64-65H,7-54,56-57,59-63H2,1-6H3,(H-,68,70,72,73)/b58-55+. The van der Waals surface area contributed by atoms with Crippen molar-refractivity contribution in [3.63, 3.8) is 0 Å². The van der Waals surface area contributed by atoms with Gasteiger partial charge in [-0.2, -0.15) is 0 Å². The Bertz CT molecular complexity index is 1320. The second kappa shape index (κ2) is 58.0. The van der Waals surface area contributed by atoms with Crippen molar-refractivity contribution in [3.05, 3.63) is 12.2 Å². The summed E-state index contributed by atoms with van der Waals surface area (Å²) in [6.45, 7) is 6.92. The monoisotopic (exact) mass is 1110 g/mol. The van der Waals surface area contributed by atoms with Crippen molar-refractivity contribution in [2.75, 3.05) is 40.9 Å². The van der Waals surface area contributed by atoms with Crippen LogP contribution in [0, 0.1) is 0 Å². The minimum absolute atomic E-state index is 0.0164. The molecular formula is C67H133N2O7P. The lowest BCUT2D eigenvalue weighted by Crippen LogP contribution is -2.47. The third-order valence-corrected chi connectivity index (χ3v) is 16.7. The van der Waals surface area contributed by atoms with Crippen molar-refractivity contribution in [3.8, 4) is 0 Å². The number of esters is 1. The molecule has 0 aliphatic carbocycles. The molecule has 0 aliphatic heterocycles. The third kappa shape index (κ3) is 59.2. The molecule has 0 aromatic heterocycles. The predicted octanol–water partition coefficient (Wildman–Crippen LogP) is 20.5. The molecule has 0 bridgehead atoms. The quantitative estimate of drug-likeness (QED) is 0.0212. The maximum atomic E-state index is 13.6. The van der Waals surface area contributed by atoms with Gasteiger partial charge in [-0.05, 0) is 31.8 Å². The molecule has 1 N–H and O–H groups in total. The summed E-state index contributed by atoms with van der Waals surface area (Å²) in [4.78, 5) is 40.1. The minimum atomic E-state index is -4.69. The summed E-state index contributed by atoms with van der Waals surface area (Å²) in [5, 5.41) is 3.05. The molecule has 77 heavy (non-hydrogen) atoms. The van der Waals surface area contributed by atoms with Crippen LogP contribution in [0.5, 0.6) is 0 Å². The van der Waals surface area contributed by atoms with E-state index in [-0.39, 0.29) is 31.5 Å². The van der Waals surface area contributed by atoms with Crippen LogP contribution in [0.25, 0.3) is 0 Å². The van der Waals surface area contributed by atoms with Gasteiger partial charge < -0.3 is 28.5 Å². The van der Waals surface area contributed by atoms with Gasteiger partial charge in [-0.15, -0.1) is 0 Å². The number of carbonyl (C=O) groups is 2. The fourth-order valence-corrected chi connectivity index (χ4v) is 11.2. The molecule has 0 radical (unpaired) electrons. The largest absolute Gasteiger partial charge is 0.756 e. The molecule has 10 heteroatoms. The number of phosphoric acid groups is 1. The van der Waals surface area contributed by atoms with Crippen molar-refractivity contribution in [2.45, 2.75) is 367 Å². The average Bonchev–Trinajstić information content (AvgIpc) is 3.39. The van der Waals surface area contributed by atoms with Crippen LogP contribution in [0.15, 0.2) is 12.2 Å². The molecule has 0 spiro atoms. The smallest absolute Gasteiger partial charge is 0.306 e. The maximum Gasteiger partial charge on any atom is 0.306 e. The molecule has 0 saturated carbocycles. The highest BCUT2D eigenvalue weighted by Gasteiger charge is 2.27. The number of hydrogen-bond acceptors (Lipinski definition) is 7. The zero-order valence-corrected chi connectivity index (χ0v) is 53.3. The zero-order chi connectivity index (χ0) is 56.4. The fraction of sp³-hybridized carbons (Fsp3) is 0.940. The Morgan fingerprint density at radius 1 is 0.442 bits per heavy atom. The maximum absolute atomic E-state index is 13.6. The number of likely N-dealkylation sites (N-methyl/N-ethyl adjacent to an activating group) is 1. The van der Waals surface area contributed by atoms with Gasteiger partial charge in [0.2, 0.25) is 5.91 Å². The number of amides is 1. The van der Waals surface area contributed by atoms with Crippen molar-refractivity contribution < 1.29 is 37.3 Å². The zero-order valence-electron chi connectivity index (χ0n) is 52.5. The summed E-state index contributed by atoms with van der Waals surface area (Å²) in [5.74, 6) is -0.514. The fourth-order valence-electron chi connectivity index (χ4n) is 10.5. The Morgan fingerprint density at radius 2 is 0.740 bits per heavy atom. The summed E-state index contributed by atoms with van der Waals surface area (Å²) in [6.07, 6.45) is 67.5. The van der Waals surface area contributed by atoms with Gasteiger partial charge in [0, 0.05) is 12.8 Å². The van der Waals surface area contributed by atoms with Crippen molar-refractivity contribution in [1.82, 2.24) is 5.32 Å². The molecule has 0 aromatic rings. The Morgan fingerprint density at radius 3 is 1.06 bits per heavy atom. The van der Waals surface area contributed by atoms with E-state index < -0.39 is 20.0 Å². The van der Waals surface area contributed by atoms with Crippen LogP contribution in [-0.4, -0.2) is 69.4 Å². The molecule has 3 unspecified atom stereocenters. The average molecular weight is 1110 g/mol. The van der Waals surface area contributed by atoms with E-state index in [0.29, 0.717) is 17.4 Å². The molecular weight excluding hydrogens is 976 g/mol. The van der Waals surface area contributed by atoms with Gasteiger partial charge in [0.1, 0.15) is 19.3 Å². The molecule has 458 valence electrons. The highest BCUT2D eigenvalue weighted by molar-refractivity contribution is 7.45. The highest BCUT2D eigenvalue weighted by Crippen LogP contribution is 2.38. The Labute approximate surface area is 480 Å². The summed E-state index contributed by atoms with van der Waals surface area (Å²) < 4.78 is 30.4. The van der Waals surface area contributed by atoms with E-state index in [1.807, 2.05) is 33.3 Å². The SMILES string of the molecule is CCCCCCCCCCCCC/C=C/C(OC(=O)CCCCCCCCCCCCCCCCCCCCC)C(COP(=O)([O-])OCC[N+](C)(C)C)NC(=O)CCCCCCCCCCCCCCCCCCCCC. The van der Waals surface area contributed by atoms with Crippen LogP contribution in [-0.2, 0) is 27.9 Å². The topological polar surface area (TPSA) is 114 Å². The molecule has 0 aliphatic rings. The van der Waals surface area contributed by atoms with Crippen LogP contribution >= 0.6 is 7.82 Å². The number of phosphoric ester groups is 1. The first-order valence-corrected chi connectivity index (χ1v) is 35.5. The molecule has 0 aromatic carbocycles. The molecule has 9 nitrogen and oxygen atoms in total. The number of quaternary nitrogens is 1. The lowest BCUT2D eigenvalue weighted by atomic mass is 10.0. The summed E-state index contributed by atoms with van der Waals surface area (Å²) in [6, 6.07) is -0.880. The summed E-state index contributed by atoms with van der Waals surface area (Å²) >= 11 is 0. The normalized spacial score (nSPS) is 13.6. The molecule has 3 atom stereocenters. The van der Waals surface area contributed by atoms with E-state index >= 15 is 0 Å². The Kier molecular flexibility index (Phi) is 57.0. The second-order valence-corrected chi connectivity index (χ2v) is 26.1. The third-order valence-electron chi connectivity index (χ3n) is 15.7. The van der Waals surface area contributed by atoms with Crippen LogP contribution in [0.2, 0.25) is 0 Å². The lowest BCUT2D eigenvalue weighted by molar-refractivity contribution is -0.870. The number of nitrogens with zero attached hydrogens (tertiary/aromatic N) is 1. The van der Waals surface area contributed by atoms with Crippen LogP contribution in [0.1, 0.15) is 355 Å². The molecule has 1 amide bonds. The first-order chi connectivity index (χ1) is 37.4. The summed E-state index contributed by atoms with van der Waals surface area (Å²) in [5.41, 5.74) is 0. The number of hydrogen-bond donors (Lipinski definition) is 1. The lowest BCUT2D eigenvalue weighted by Gasteiger charge is -2.30. The van der Waals surface area contributed by atoms with E-state index in [2.05, 4.69) is 26.1 Å². The molecule has 0 fully saturated rings. The number of allylic oxidation sites excluding steroid dienone is 1. The van der Waals surface area contributed by atoms with Gasteiger partial charge in [-0.3, -0.25) is 14.2 Å². The van der Waals surface area contributed by atoms with Gasteiger partial charge in [0.05, 0.1) is 33.8 Å². The number of rotatable bonds is 63. The van der Waals surface area contributed by atoms with Gasteiger partial charge in [-0.1, -0.05) is 322 Å². The van der Waals surface area contributed by atoms with Crippen LogP contribution in [0.3, 0.4) is 0 Å². The van der Waals surface area contributed by atoms with Crippen molar-refractivity contribution >= 4 is 19.7 Å². The van der Waals surface area contributed by atoms with Crippen molar-refractivity contribution in [1.29, 1.82) is 0 Å². The first kappa shape index (κ1) is 75.8. The number of nitrogens with one attached hydrogen (secondary N) is 1. The predicted molar refractivity (Wildman–Crippen MR) is 330 cm³/mol. The van der Waals surface area contributed by atoms with E-state index in [1.165, 1.54) is 263 Å². The second-order valence-electron chi connectivity index (χ2n) is 24.7. The van der Waals surface area contributed by atoms with Gasteiger partial charge in [0.15, 0.2) is 0 Å². The highest BCUT2D eigenvalue weighted by atomic mass is 31.2. The number of carbonyl (C=O) groups excluding carboxylic acids is 2. The van der Waals surface area contributed by atoms with Gasteiger partial charge in [-0.25, -0.2) is 0 Å². The van der Waals surface area contributed by atoms with E-state index in [1.54, 1.807) is 0 Å². The number of unbranched alkanes of at least 4 members (excludes halogenated alkanes) is 47. The van der Waals surface area contributed by atoms with Crippen LogP contribution < -0.4 is 10.2 Å². The molecule has 0 saturated heterocycles.